The Labute approximate surface area is 121 Å². The number of anilines is 1. The lowest BCUT2D eigenvalue weighted by molar-refractivity contribution is -0.384. The van der Waals surface area contributed by atoms with Crippen molar-refractivity contribution < 1.29 is 9.72 Å². The van der Waals surface area contributed by atoms with E-state index in [1.807, 2.05) is 0 Å². The second kappa shape index (κ2) is 5.88. The van der Waals surface area contributed by atoms with Gasteiger partial charge in [0.15, 0.2) is 5.78 Å². The first-order valence-electron chi connectivity index (χ1n) is 5.25. The first-order valence-corrected chi connectivity index (χ1v) is 6.61. The first-order chi connectivity index (χ1) is 9.47. The number of aromatic amines is 1. The molecule has 0 bridgehead atoms. The Morgan fingerprint density at radius 2 is 2.30 bits per heavy atom. The minimum Gasteiger partial charge on any atom is -0.368 e. The van der Waals surface area contributed by atoms with E-state index >= 15 is 0 Å². The highest BCUT2D eigenvalue weighted by Crippen LogP contribution is 2.24. The number of nitrogens with zero attached hydrogens (tertiary/aromatic N) is 3. The quantitative estimate of drug-likeness (QED) is 0.373. The van der Waals surface area contributed by atoms with E-state index in [0.29, 0.717) is 5.16 Å². The fourth-order valence-corrected chi connectivity index (χ4v) is 2.34. The lowest BCUT2D eigenvalue weighted by Gasteiger charge is -2.02. The smallest absolute Gasteiger partial charge is 0.270 e. The highest BCUT2D eigenvalue weighted by Gasteiger charge is 2.15. The van der Waals surface area contributed by atoms with E-state index in [1.54, 1.807) is 0 Å². The van der Waals surface area contributed by atoms with E-state index in [4.69, 9.17) is 17.3 Å². The zero-order chi connectivity index (χ0) is 14.7. The van der Waals surface area contributed by atoms with Gasteiger partial charge in [-0.15, -0.1) is 5.10 Å². The maximum atomic E-state index is 12.0. The summed E-state index contributed by atoms with van der Waals surface area (Å²) >= 11 is 6.95. The van der Waals surface area contributed by atoms with Crippen LogP contribution in [0.2, 0.25) is 5.02 Å². The van der Waals surface area contributed by atoms with Crippen molar-refractivity contribution in [3.05, 3.63) is 38.9 Å². The van der Waals surface area contributed by atoms with Gasteiger partial charge in [-0.1, -0.05) is 23.4 Å². The molecule has 2 rings (SSSR count). The molecule has 20 heavy (non-hydrogen) atoms. The van der Waals surface area contributed by atoms with Crippen molar-refractivity contribution >= 4 is 40.8 Å². The van der Waals surface area contributed by atoms with Crippen molar-refractivity contribution in [3.8, 4) is 0 Å². The van der Waals surface area contributed by atoms with Crippen LogP contribution in [0.5, 0.6) is 0 Å². The van der Waals surface area contributed by atoms with Gasteiger partial charge >= 0.3 is 0 Å². The predicted octanol–water partition coefficient (Wildman–Crippen LogP) is 1.92. The van der Waals surface area contributed by atoms with E-state index in [1.165, 1.54) is 12.1 Å². The minimum atomic E-state index is -0.578. The Hall–Kier alpha value is -2.13. The summed E-state index contributed by atoms with van der Waals surface area (Å²) in [5.74, 6) is -0.0685. The molecule has 8 nitrogen and oxygen atoms in total. The third kappa shape index (κ3) is 3.25. The molecule has 0 spiro atoms. The normalized spacial score (nSPS) is 10.4. The molecule has 0 saturated heterocycles. The second-order valence-corrected chi connectivity index (χ2v) is 4.99. The van der Waals surface area contributed by atoms with Crippen molar-refractivity contribution in [1.82, 2.24) is 15.2 Å². The van der Waals surface area contributed by atoms with Crippen molar-refractivity contribution in [2.45, 2.75) is 5.16 Å². The van der Waals surface area contributed by atoms with Crippen LogP contribution in [-0.2, 0) is 0 Å². The molecule has 0 radical (unpaired) electrons. The van der Waals surface area contributed by atoms with Crippen LogP contribution in [0.4, 0.5) is 11.6 Å². The topological polar surface area (TPSA) is 128 Å². The van der Waals surface area contributed by atoms with E-state index in [2.05, 4.69) is 15.2 Å². The SMILES string of the molecule is Nc1nc(SCC(=O)c2ccc([N+](=O)[O-])cc2Cl)n[nH]1. The number of H-pyrrole nitrogens is 1. The average Bonchev–Trinajstić information content (AvgIpc) is 2.81. The summed E-state index contributed by atoms with van der Waals surface area (Å²) in [4.78, 5) is 25.8. The Kier molecular flexibility index (Phi) is 4.20. The summed E-state index contributed by atoms with van der Waals surface area (Å²) in [6.45, 7) is 0. The molecular formula is C10H8ClN5O3S. The zero-order valence-electron chi connectivity index (χ0n) is 9.87. The third-order valence-electron chi connectivity index (χ3n) is 2.28. The number of nitro benzene ring substituents is 1. The number of carbonyl (C=O) groups excluding carboxylic acids is 1. The Morgan fingerprint density at radius 1 is 1.55 bits per heavy atom. The second-order valence-electron chi connectivity index (χ2n) is 3.64. The molecule has 0 amide bonds. The number of nitrogens with one attached hydrogen (secondary N) is 1. The zero-order valence-corrected chi connectivity index (χ0v) is 11.4. The molecule has 0 atom stereocenters. The molecule has 10 heteroatoms. The number of ketones is 1. The van der Waals surface area contributed by atoms with E-state index in [9.17, 15) is 14.9 Å². The number of nitro groups is 1. The number of nitrogen functional groups attached to an aromatic ring is 1. The lowest BCUT2D eigenvalue weighted by Crippen LogP contribution is -2.04. The van der Waals surface area contributed by atoms with Crippen molar-refractivity contribution in [3.63, 3.8) is 0 Å². The van der Waals surface area contributed by atoms with Gasteiger partial charge in [-0.3, -0.25) is 14.9 Å². The van der Waals surface area contributed by atoms with Crippen molar-refractivity contribution in [2.75, 3.05) is 11.5 Å². The van der Waals surface area contributed by atoms with Crippen LogP contribution < -0.4 is 5.73 Å². The number of nitrogens with two attached hydrogens (primary N) is 1. The summed E-state index contributed by atoms with van der Waals surface area (Å²) in [5.41, 5.74) is 5.40. The van der Waals surface area contributed by atoms with Gasteiger partial charge in [0.05, 0.1) is 15.7 Å². The van der Waals surface area contributed by atoms with Gasteiger partial charge in [-0.05, 0) is 6.07 Å². The summed E-state index contributed by atoms with van der Waals surface area (Å²) in [5, 5.41) is 17.2. The van der Waals surface area contributed by atoms with E-state index in [-0.39, 0.29) is 33.8 Å². The van der Waals surface area contributed by atoms with Crippen LogP contribution in [0.15, 0.2) is 23.4 Å². The van der Waals surface area contributed by atoms with Crippen molar-refractivity contribution in [1.29, 1.82) is 0 Å². The summed E-state index contributed by atoms with van der Waals surface area (Å²) in [6.07, 6.45) is 0. The Bertz CT molecular complexity index is 675. The van der Waals surface area contributed by atoms with Crippen LogP contribution in [0.1, 0.15) is 10.4 Å². The third-order valence-corrected chi connectivity index (χ3v) is 3.44. The van der Waals surface area contributed by atoms with Gasteiger partial charge in [-0.25, -0.2) is 5.10 Å². The standard InChI is InChI=1S/C10H8ClN5O3S/c11-7-3-5(16(18)19)1-2-6(7)8(17)4-20-10-13-9(12)14-15-10/h1-3H,4H2,(H3,12,13,14,15). The number of aromatic nitrogens is 3. The first kappa shape index (κ1) is 14.3. The van der Waals surface area contributed by atoms with Gasteiger partial charge in [0.2, 0.25) is 11.1 Å². The summed E-state index contributed by atoms with van der Waals surface area (Å²) in [7, 11) is 0. The predicted molar refractivity (Wildman–Crippen MR) is 74.0 cm³/mol. The highest BCUT2D eigenvalue weighted by atomic mass is 35.5. The van der Waals surface area contributed by atoms with Gasteiger partial charge in [0.25, 0.3) is 5.69 Å². The van der Waals surface area contributed by atoms with Crippen LogP contribution >= 0.6 is 23.4 Å². The molecule has 0 aliphatic rings. The molecule has 0 unspecified atom stereocenters. The number of Topliss-reactive ketones (excluding diaryl/α,β-unsaturated/α-hetero) is 1. The molecule has 0 fully saturated rings. The summed E-state index contributed by atoms with van der Waals surface area (Å²) < 4.78 is 0. The molecule has 1 aromatic carbocycles. The lowest BCUT2D eigenvalue weighted by atomic mass is 10.1. The van der Waals surface area contributed by atoms with Crippen LogP contribution in [0.3, 0.4) is 0 Å². The van der Waals surface area contributed by atoms with Crippen molar-refractivity contribution in [2.24, 2.45) is 0 Å². The molecular weight excluding hydrogens is 306 g/mol. The maximum Gasteiger partial charge on any atom is 0.270 e. The number of hydrogen-bond acceptors (Lipinski definition) is 7. The molecule has 0 saturated carbocycles. The number of rotatable bonds is 5. The van der Waals surface area contributed by atoms with Gasteiger partial charge in [-0.2, -0.15) is 4.98 Å². The van der Waals surface area contributed by atoms with Crippen LogP contribution in [0.25, 0.3) is 0 Å². The van der Waals surface area contributed by atoms with Crippen LogP contribution in [-0.4, -0.2) is 31.6 Å². The van der Waals surface area contributed by atoms with Gasteiger partial charge < -0.3 is 5.73 Å². The monoisotopic (exact) mass is 313 g/mol. The molecule has 104 valence electrons. The largest absolute Gasteiger partial charge is 0.368 e. The summed E-state index contributed by atoms with van der Waals surface area (Å²) in [6, 6.07) is 3.70. The highest BCUT2D eigenvalue weighted by molar-refractivity contribution is 7.99. The molecule has 1 aromatic heterocycles. The number of non-ortho nitro benzene ring substituents is 1. The van der Waals surface area contributed by atoms with Crippen LogP contribution in [0, 0.1) is 10.1 Å². The van der Waals surface area contributed by atoms with E-state index in [0.717, 1.165) is 17.8 Å². The Morgan fingerprint density at radius 3 is 2.85 bits per heavy atom. The minimum absolute atomic E-state index is 0.0410. The maximum absolute atomic E-state index is 12.0. The molecule has 0 aliphatic heterocycles. The number of carbonyl (C=O) groups is 1. The number of thioether (sulfide) groups is 1. The number of halogens is 1. The molecule has 2 aromatic rings. The van der Waals surface area contributed by atoms with Gasteiger partial charge in [0.1, 0.15) is 0 Å². The average molecular weight is 314 g/mol. The fourth-order valence-electron chi connectivity index (χ4n) is 1.37. The molecule has 0 aliphatic carbocycles. The fraction of sp³-hybridized carbons (Fsp3) is 0.100. The number of hydrogen-bond donors (Lipinski definition) is 2. The molecule has 3 N–H and O–H groups in total. The number of benzene rings is 1. The van der Waals surface area contributed by atoms with E-state index < -0.39 is 4.92 Å². The Balaban J connectivity index is 2.07. The molecule has 1 heterocycles. The van der Waals surface area contributed by atoms with Gasteiger partial charge in [0, 0.05) is 17.7 Å².